The molecule has 1 N–H and O–H groups in total. The van der Waals surface area contributed by atoms with E-state index >= 15 is 0 Å². The number of rotatable bonds is 6. The zero-order valence-corrected chi connectivity index (χ0v) is 18.1. The third-order valence-electron chi connectivity index (χ3n) is 4.78. The molecule has 0 radical (unpaired) electrons. The number of carbonyl (C=O) groups is 2. The van der Waals surface area contributed by atoms with Gasteiger partial charge in [-0.1, -0.05) is 42.0 Å². The summed E-state index contributed by atoms with van der Waals surface area (Å²) in [7, 11) is 1.62. The van der Waals surface area contributed by atoms with Gasteiger partial charge >= 0.3 is 0 Å². The van der Waals surface area contributed by atoms with Crippen LogP contribution in [0.25, 0.3) is 16.3 Å². The Morgan fingerprint density at radius 2 is 1.77 bits per heavy atom. The lowest BCUT2D eigenvalue weighted by atomic mass is 10.2. The molecule has 2 aromatic heterocycles. The van der Waals surface area contributed by atoms with Gasteiger partial charge in [-0.25, -0.2) is 4.68 Å². The molecule has 2 amide bonds. The van der Waals surface area contributed by atoms with Gasteiger partial charge in [0.25, 0.3) is 5.91 Å². The van der Waals surface area contributed by atoms with E-state index in [1.54, 1.807) is 17.9 Å². The fourth-order valence-electron chi connectivity index (χ4n) is 3.17. The van der Waals surface area contributed by atoms with E-state index < -0.39 is 0 Å². The van der Waals surface area contributed by atoms with Crippen molar-refractivity contribution in [3.8, 4) is 16.3 Å². The minimum Gasteiger partial charge on any atom is -0.332 e. The van der Waals surface area contributed by atoms with Gasteiger partial charge in [0.2, 0.25) is 5.91 Å². The molecule has 0 spiro atoms. The highest BCUT2D eigenvalue weighted by Crippen LogP contribution is 2.28. The summed E-state index contributed by atoms with van der Waals surface area (Å²) in [6, 6.07) is 21.0. The number of nitrogens with one attached hydrogen (secondary N) is 1. The number of hydrogen-bond acceptors (Lipinski definition) is 4. The third kappa shape index (κ3) is 4.73. The Balaban J connectivity index is 1.56. The van der Waals surface area contributed by atoms with Crippen LogP contribution >= 0.6 is 11.3 Å². The Morgan fingerprint density at radius 1 is 1.03 bits per heavy atom. The normalized spacial score (nSPS) is 10.6. The molecule has 156 valence electrons. The molecule has 2 heterocycles. The minimum atomic E-state index is -0.260. The van der Waals surface area contributed by atoms with Gasteiger partial charge in [0, 0.05) is 18.9 Å². The van der Waals surface area contributed by atoms with Crippen molar-refractivity contribution in [1.82, 2.24) is 14.7 Å². The Hall–Kier alpha value is -3.71. The number of anilines is 1. The van der Waals surface area contributed by atoms with Crippen molar-refractivity contribution in [1.29, 1.82) is 0 Å². The maximum atomic E-state index is 13.2. The number of para-hydroxylation sites is 1. The molecule has 7 heteroatoms. The first-order chi connectivity index (χ1) is 15.0. The molecule has 2 aromatic carbocycles. The molecular formula is C24H22N4O2S. The van der Waals surface area contributed by atoms with Crippen LogP contribution in [0.1, 0.15) is 15.9 Å². The molecule has 4 rings (SSSR count). The molecule has 0 bridgehead atoms. The SMILES string of the molecule is Cc1ccc(NC(=O)CN(C)C(=O)c2cn(-c3ccccc3)nc2-c2cccs2)cc1. The molecule has 0 aliphatic rings. The maximum absolute atomic E-state index is 13.2. The summed E-state index contributed by atoms with van der Waals surface area (Å²) >= 11 is 1.52. The van der Waals surface area contributed by atoms with Crippen LogP contribution in [0, 0.1) is 6.92 Å². The maximum Gasteiger partial charge on any atom is 0.257 e. The molecule has 0 atom stereocenters. The van der Waals surface area contributed by atoms with Crippen molar-refractivity contribution in [2.45, 2.75) is 6.92 Å². The molecule has 31 heavy (non-hydrogen) atoms. The van der Waals surface area contributed by atoms with E-state index in [0.717, 1.165) is 16.1 Å². The number of aromatic nitrogens is 2. The van der Waals surface area contributed by atoms with Crippen molar-refractivity contribution < 1.29 is 9.59 Å². The molecule has 0 aliphatic heterocycles. The van der Waals surface area contributed by atoms with Crippen LogP contribution in [0.2, 0.25) is 0 Å². The number of aryl methyl sites for hydroxylation is 1. The van der Waals surface area contributed by atoms with E-state index in [1.807, 2.05) is 79.0 Å². The van der Waals surface area contributed by atoms with Crippen LogP contribution in [0.5, 0.6) is 0 Å². The second-order valence-electron chi connectivity index (χ2n) is 7.22. The highest BCUT2D eigenvalue weighted by Gasteiger charge is 2.23. The summed E-state index contributed by atoms with van der Waals surface area (Å²) < 4.78 is 1.70. The van der Waals surface area contributed by atoms with Gasteiger partial charge in [0.15, 0.2) is 0 Å². The largest absolute Gasteiger partial charge is 0.332 e. The van der Waals surface area contributed by atoms with E-state index in [4.69, 9.17) is 0 Å². The van der Waals surface area contributed by atoms with Crippen LogP contribution in [-0.4, -0.2) is 40.1 Å². The number of hydrogen-bond donors (Lipinski definition) is 1. The van der Waals surface area contributed by atoms with Gasteiger partial charge in [0.1, 0.15) is 5.69 Å². The number of nitrogens with zero attached hydrogens (tertiary/aromatic N) is 3. The van der Waals surface area contributed by atoms with Crippen molar-refractivity contribution >= 4 is 28.8 Å². The smallest absolute Gasteiger partial charge is 0.257 e. The van der Waals surface area contributed by atoms with Crippen molar-refractivity contribution in [2.75, 3.05) is 18.9 Å². The monoisotopic (exact) mass is 430 g/mol. The molecule has 6 nitrogen and oxygen atoms in total. The number of benzene rings is 2. The third-order valence-corrected chi connectivity index (χ3v) is 5.66. The lowest BCUT2D eigenvalue weighted by molar-refractivity contribution is -0.116. The predicted molar refractivity (Wildman–Crippen MR) is 124 cm³/mol. The first-order valence-corrected chi connectivity index (χ1v) is 10.7. The zero-order valence-electron chi connectivity index (χ0n) is 17.3. The lowest BCUT2D eigenvalue weighted by Crippen LogP contribution is -2.35. The van der Waals surface area contributed by atoms with Crippen molar-refractivity contribution in [3.05, 3.63) is 89.4 Å². The first-order valence-electron chi connectivity index (χ1n) is 9.82. The quantitative estimate of drug-likeness (QED) is 0.485. The Kier molecular flexibility index (Phi) is 5.95. The van der Waals surface area contributed by atoms with Crippen LogP contribution in [0.4, 0.5) is 5.69 Å². The molecule has 4 aromatic rings. The van der Waals surface area contributed by atoms with E-state index in [9.17, 15) is 9.59 Å². The average molecular weight is 431 g/mol. The summed E-state index contributed by atoms with van der Waals surface area (Å²) in [5.41, 5.74) is 3.74. The highest BCUT2D eigenvalue weighted by atomic mass is 32.1. The highest BCUT2D eigenvalue weighted by molar-refractivity contribution is 7.13. The number of thiophene rings is 1. The molecule has 0 aliphatic carbocycles. The molecule has 0 fully saturated rings. The van der Waals surface area contributed by atoms with Gasteiger partial charge in [-0.15, -0.1) is 11.3 Å². The second kappa shape index (κ2) is 8.97. The number of carbonyl (C=O) groups excluding carboxylic acids is 2. The van der Waals surface area contributed by atoms with Crippen LogP contribution in [0.3, 0.4) is 0 Å². The zero-order chi connectivity index (χ0) is 21.8. The lowest BCUT2D eigenvalue weighted by Gasteiger charge is -2.16. The topological polar surface area (TPSA) is 67.2 Å². The van der Waals surface area contributed by atoms with E-state index in [-0.39, 0.29) is 18.4 Å². The van der Waals surface area contributed by atoms with Gasteiger partial charge in [0.05, 0.1) is 22.7 Å². The van der Waals surface area contributed by atoms with Crippen molar-refractivity contribution in [2.24, 2.45) is 0 Å². The van der Waals surface area contributed by atoms with E-state index in [2.05, 4.69) is 10.4 Å². The minimum absolute atomic E-state index is 0.0624. The second-order valence-corrected chi connectivity index (χ2v) is 8.17. The van der Waals surface area contributed by atoms with Crippen LogP contribution in [0.15, 0.2) is 78.3 Å². The fourth-order valence-corrected chi connectivity index (χ4v) is 3.89. The van der Waals surface area contributed by atoms with Crippen LogP contribution in [-0.2, 0) is 4.79 Å². The predicted octanol–water partition coefficient (Wildman–Crippen LogP) is 4.62. The van der Waals surface area contributed by atoms with Gasteiger partial charge in [-0.3, -0.25) is 9.59 Å². The summed E-state index contributed by atoms with van der Waals surface area (Å²) in [6.07, 6.45) is 1.72. The molecule has 0 saturated carbocycles. The Morgan fingerprint density at radius 3 is 2.45 bits per heavy atom. The average Bonchev–Trinajstić information content (AvgIpc) is 3.45. The number of amides is 2. The molecule has 0 unspecified atom stereocenters. The summed E-state index contributed by atoms with van der Waals surface area (Å²) in [5, 5.41) is 9.44. The van der Waals surface area contributed by atoms with Crippen LogP contribution < -0.4 is 5.32 Å². The standard InChI is InChI=1S/C24H22N4O2S/c1-17-10-12-18(13-11-17)25-22(29)16-27(2)24(30)20-15-28(19-7-4-3-5-8-19)26-23(20)21-9-6-14-31-21/h3-15H,16H2,1-2H3,(H,25,29). The van der Waals surface area contributed by atoms with Gasteiger partial charge in [-0.05, 0) is 42.6 Å². The van der Waals surface area contributed by atoms with Gasteiger partial charge in [-0.2, -0.15) is 5.10 Å². The summed E-state index contributed by atoms with van der Waals surface area (Å²) in [6.45, 7) is 1.92. The Labute approximate surface area is 184 Å². The number of likely N-dealkylation sites (N-methyl/N-ethyl adjacent to an activating group) is 1. The van der Waals surface area contributed by atoms with E-state index in [1.165, 1.54) is 16.2 Å². The summed E-state index contributed by atoms with van der Waals surface area (Å²) in [4.78, 5) is 28.0. The summed E-state index contributed by atoms with van der Waals surface area (Å²) in [5.74, 6) is -0.516. The Bertz CT molecular complexity index is 1180. The fraction of sp³-hybridized carbons (Fsp3) is 0.125. The van der Waals surface area contributed by atoms with Crippen molar-refractivity contribution in [3.63, 3.8) is 0 Å². The van der Waals surface area contributed by atoms with Gasteiger partial charge < -0.3 is 10.2 Å². The van der Waals surface area contributed by atoms with E-state index in [0.29, 0.717) is 16.9 Å². The molecule has 0 saturated heterocycles. The first kappa shape index (κ1) is 20.6. The molecular weight excluding hydrogens is 408 g/mol.